The van der Waals surface area contributed by atoms with Crippen molar-refractivity contribution in [2.45, 2.75) is 6.61 Å². The maximum absolute atomic E-state index is 13.1. The van der Waals surface area contributed by atoms with E-state index in [1.807, 2.05) is 6.07 Å². The van der Waals surface area contributed by atoms with Crippen molar-refractivity contribution < 1.29 is 18.7 Å². The molecule has 0 saturated heterocycles. The van der Waals surface area contributed by atoms with E-state index in [9.17, 15) is 14.4 Å². The van der Waals surface area contributed by atoms with Gasteiger partial charge in [0, 0.05) is 10.2 Å². The van der Waals surface area contributed by atoms with Gasteiger partial charge in [-0.2, -0.15) is 5.26 Å². The number of carbonyl (C=O) groups is 1. The monoisotopic (exact) mass is 558 g/mol. The van der Waals surface area contributed by atoms with Gasteiger partial charge in [0.1, 0.15) is 24.1 Å². The van der Waals surface area contributed by atoms with Crippen molar-refractivity contribution in [3.8, 4) is 17.6 Å². The van der Waals surface area contributed by atoms with E-state index < -0.39 is 5.91 Å². The fourth-order valence-electron chi connectivity index (χ4n) is 2.75. The number of benzene rings is 3. The quantitative estimate of drug-likeness (QED) is 0.265. The van der Waals surface area contributed by atoms with Crippen LogP contribution in [0.15, 0.2) is 75.2 Å². The molecule has 8 heteroatoms. The van der Waals surface area contributed by atoms with Crippen LogP contribution in [0.3, 0.4) is 0 Å². The fourth-order valence-corrected chi connectivity index (χ4v) is 3.58. The fraction of sp³-hybridized carbons (Fsp3) is 0.0833. The lowest BCUT2D eigenvalue weighted by molar-refractivity contribution is -0.112. The van der Waals surface area contributed by atoms with Gasteiger partial charge in [0.15, 0.2) is 11.5 Å². The van der Waals surface area contributed by atoms with Crippen LogP contribution in [0.4, 0.5) is 10.1 Å². The molecular weight excluding hydrogens is 543 g/mol. The molecule has 0 atom stereocenters. The second-order valence-electron chi connectivity index (χ2n) is 6.58. The van der Waals surface area contributed by atoms with E-state index in [0.29, 0.717) is 27.2 Å². The summed E-state index contributed by atoms with van der Waals surface area (Å²) in [5, 5.41) is 12.2. The highest BCUT2D eigenvalue weighted by Gasteiger charge is 2.14. The number of methoxy groups -OCH3 is 1. The minimum absolute atomic E-state index is 0.0677. The Balaban J connectivity index is 1.80. The molecule has 162 valence electrons. The number of halogens is 3. The van der Waals surface area contributed by atoms with Crippen LogP contribution >= 0.6 is 31.9 Å². The number of anilines is 1. The summed E-state index contributed by atoms with van der Waals surface area (Å²) < 4.78 is 25.8. The maximum Gasteiger partial charge on any atom is 0.266 e. The topological polar surface area (TPSA) is 71.3 Å². The lowest BCUT2D eigenvalue weighted by Gasteiger charge is -2.14. The van der Waals surface area contributed by atoms with Crippen LogP contribution in [-0.4, -0.2) is 13.0 Å². The molecule has 0 saturated carbocycles. The summed E-state index contributed by atoms with van der Waals surface area (Å²) in [6, 6.07) is 18.3. The number of amides is 1. The largest absolute Gasteiger partial charge is 0.493 e. The Hall–Kier alpha value is -3.15. The number of hydrogen-bond donors (Lipinski definition) is 1. The van der Waals surface area contributed by atoms with E-state index in [-0.39, 0.29) is 18.0 Å². The Bertz CT molecular complexity index is 1190. The molecule has 0 aromatic heterocycles. The van der Waals surface area contributed by atoms with Crippen molar-refractivity contribution in [2.75, 3.05) is 12.4 Å². The Labute approximate surface area is 201 Å². The van der Waals surface area contributed by atoms with Gasteiger partial charge in [-0.3, -0.25) is 4.79 Å². The van der Waals surface area contributed by atoms with Gasteiger partial charge in [-0.1, -0.05) is 28.1 Å². The van der Waals surface area contributed by atoms with Crippen LogP contribution in [0.25, 0.3) is 6.08 Å². The summed E-state index contributed by atoms with van der Waals surface area (Å²) in [4.78, 5) is 12.5. The summed E-state index contributed by atoms with van der Waals surface area (Å²) in [6.45, 7) is 0.212. The van der Waals surface area contributed by atoms with Crippen LogP contribution in [0.1, 0.15) is 11.1 Å². The number of nitriles is 1. The third kappa shape index (κ3) is 6.19. The van der Waals surface area contributed by atoms with Gasteiger partial charge in [0.05, 0.1) is 11.6 Å². The Kier molecular flexibility index (Phi) is 8.03. The van der Waals surface area contributed by atoms with Crippen LogP contribution in [0.2, 0.25) is 0 Å². The molecule has 0 aliphatic rings. The average molecular weight is 560 g/mol. The molecule has 0 aliphatic heterocycles. The predicted molar refractivity (Wildman–Crippen MR) is 128 cm³/mol. The summed E-state index contributed by atoms with van der Waals surface area (Å²) in [5.74, 6) is 0.0211. The SMILES string of the molecule is COc1cc(/C=C(/C#N)C(=O)Nc2ccc(Br)cc2)cc(Br)c1OCc1ccc(F)cc1. The van der Waals surface area contributed by atoms with Gasteiger partial charge in [0.2, 0.25) is 0 Å². The zero-order valence-corrected chi connectivity index (χ0v) is 20.0. The van der Waals surface area contributed by atoms with Crippen molar-refractivity contribution in [3.05, 3.63) is 92.1 Å². The molecule has 32 heavy (non-hydrogen) atoms. The van der Waals surface area contributed by atoms with Gasteiger partial charge in [0.25, 0.3) is 5.91 Å². The maximum atomic E-state index is 13.1. The summed E-state index contributed by atoms with van der Waals surface area (Å²) >= 11 is 6.78. The van der Waals surface area contributed by atoms with E-state index in [2.05, 4.69) is 37.2 Å². The third-order valence-electron chi connectivity index (χ3n) is 4.33. The first-order valence-electron chi connectivity index (χ1n) is 9.33. The number of carbonyl (C=O) groups excluding carboxylic acids is 1. The number of hydrogen-bond acceptors (Lipinski definition) is 4. The first-order valence-corrected chi connectivity index (χ1v) is 10.9. The molecule has 0 heterocycles. The van der Waals surface area contributed by atoms with Gasteiger partial charge >= 0.3 is 0 Å². The van der Waals surface area contributed by atoms with Crippen molar-refractivity contribution in [1.29, 1.82) is 5.26 Å². The highest BCUT2D eigenvalue weighted by atomic mass is 79.9. The van der Waals surface area contributed by atoms with E-state index in [0.717, 1.165) is 10.0 Å². The second-order valence-corrected chi connectivity index (χ2v) is 8.35. The molecule has 0 unspecified atom stereocenters. The molecule has 0 fully saturated rings. The Morgan fingerprint density at radius 3 is 2.44 bits per heavy atom. The second kappa shape index (κ2) is 10.9. The molecule has 0 radical (unpaired) electrons. The number of nitrogens with one attached hydrogen (secondary N) is 1. The van der Waals surface area contributed by atoms with Crippen molar-refractivity contribution in [3.63, 3.8) is 0 Å². The highest BCUT2D eigenvalue weighted by molar-refractivity contribution is 9.10. The lowest BCUT2D eigenvalue weighted by Crippen LogP contribution is -2.13. The zero-order valence-electron chi connectivity index (χ0n) is 16.9. The van der Waals surface area contributed by atoms with E-state index in [1.165, 1.54) is 25.3 Å². The first kappa shape index (κ1) is 23.5. The minimum atomic E-state index is -0.526. The number of rotatable bonds is 7. The first-order chi connectivity index (χ1) is 15.4. The molecule has 3 rings (SSSR count). The minimum Gasteiger partial charge on any atom is -0.493 e. The molecule has 1 amide bonds. The van der Waals surface area contributed by atoms with E-state index >= 15 is 0 Å². The molecule has 0 spiro atoms. The standard InChI is InChI=1S/C24H17Br2FN2O3/c1-31-22-12-16(10-17(13-28)24(30)29-20-8-4-18(25)5-9-20)11-21(26)23(22)32-14-15-2-6-19(27)7-3-15/h2-12H,14H2,1H3,(H,29,30)/b17-10-. The summed E-state index contributed by atoms with van der Waals surface area (Å²) in [5.41, 5.74) is 1.87. The predicted octanol–water partition coefficient (Wildman–Crippen LogP) is 6.48. The molecule has 0 aliphatic carbocycles. The van der Waals surface area contributed by atoms with Crippen LogP contribution in [0.5, 0.6) is 11.5 Å². The zero-order chi connectivity index (χ0) is 23.1. The molecular formula is C24H17Br2FN2O3. The molecule has 1 N–H and O–H groups in total. The molecule has 3 aromatic rings. The summed E-state index contributed by atoms with van der Waals surface area (Å²) in [7, 11) is 1.49. The number of nitrogens with zero attached hydrogens (tertiary/aromatic N) is 1. The molecule has 0 bridgehead atoms. The molecule has 3 aromatic carbocycles. The average Bonchev–Trinajstić information content (AvgIpc) is 2.79. The Morgan fingerprint density at radius 1 is 1.12 bits per heavy atom. The van der Waals surface area contributed by atoms with Crippen molar-refractivity contribution in [2.24, 2.45) is 0 Å². The van der Waals surface area contributed by atoms with Crippen molar-refractivity contribution in [1.82, 2.24) is 0 Å². The Morgan fingerprint density at radius 2 is 1.81 bits per heavy atom. The molecule has 5 nitrogen and oxygen atoms in total. The van der Waals surface area contributed by atoms with Crippen LogP contribution in [0, 0.1) is 17.1 Å². The van der Waals surface area contributed by atoms with Gasteiger partial charge in [-0.25, -0.2) is 4.39 Å². The van der Waals surface area contributed by atoms with Crippen LogP contribution < -0.4 is 14.8 Å². The summed E-state index contributed by atoms with van der Waals surface area (Å²) in [6.07, 6.45) is 1.46. The van der Waals surface area contributed by atoms with E-state index in [4.69, 9.17) is 9.47 Å². The van der Waals surface area contributed by atoms with Gasteiger partial charge in [-0.15, -0.1) is 0 Å². The van der Waals surface area contributed by atoms with Crippen molar-refractivity contribution >= 4 is 49.5 Å². The lowest BCUT2D eigenvalue weighted by atomic mass is 10.1. The van der Waals surface area contributed by atoms with E-state index in [1.54, 1.807) is 48.5 Å². The van der Waals surface area contributed by atoms with Gasteiger partial charge < -0.3 is 14.8 Å². The highest BCUT2D eigenvalue weighted by Crippen LogP contribution is 2.37. The normalized spacial score (nSPS) is 10.9. The third-order valence-corrected chi connectivity index (χ3v) is 5.44. The smallest absolute Gasteiger partial charge is 0.266 e. The van der Waals surface area contributed by atoms with Gasteiger partial charge in [-0.05, 0) is 81.7 Å². The number of ether oxygens (including phenoxy) is 2. The van der Waals surface area contributed by atoms with Crippen LogP contribution in [-0.2, 0) is 11.4 Å².